The summed E-state index contributed by atoms with van der Waals surface area (Å²) in [5, 5.41) is 7.90. The van der Waals surface area contributed by atoms with Gasteiger partial charge < -0.3 is 19.9 Å². The van der Waals surface area contributed by atoms with E-state index in [9.17, 15) is 0 Å². The van der Waals surface area contributed by atoms with E-state index in [-0.39, 0.29) is 0 Å². The maximum Gasteiger partial charge on any atom is 0.164 e. The summed E-state index contributed by atoms with van der Waals surface area (Å²) >= 11 is 6.30. The van der Waals surface area contributed by atoms with Crippen LogP contribution in [0.5, 0.6) is 11.5 Å². The second-order valence-corrected chi connectivity index (χ2v) is 8.25. The molecule has 8 heteroatoms. The van der Waals surface area contributed by atoms with Crippen molar-refractivity contribution in [3.05, 3.63) is 47.9 Å². The van der Waals surface area contributed by atoms with Gasteiger partial charge in [-0.05, 0) is 38.0 Å². The average molecular weight is 438 g/mol. The third-order valence-electron chi connectivity index (χ3n) is 5.76. The summed E-state index contributed by atoms with van der Waals surface area (Å²) in [5.41, 5.74) is 2.61. The number of hydrogen-bond acceptors (Lipinski definition) is 6. The van der Waals surface area contributed by atoms with Crippen LogP contribution < -0.4 is 14.9 Å². The molecule has 1 aliphatic rings. The minimum Gasteiger partial charge on any atom is -0.497 e. The van der Waals surface area contributed by atoms with Crippen molar-refractivity contribution in [3.8, 4) is 11.5 Å². The second kappa shape index (κ2) is 8.24. The lowest BCUT2D eigenvalue weighted by atomic mass is 10.1. The average Bonchev–Trinajstić information content (AvgIpc) is 3.15. The third-order valence-corrected chi connectivity index (χ3v) is 6.08. The summed E-state index contributed by atoms with van der Waals surface area (Å²) < 4.78 is 5.49. The van der Waals surface area contributed by atoms with E-state index >= 15 is 0 Å². The van der Waals surface area contributed by atoms with Crippen LogP contribution in [0, 0.1) is 0 Å². The molecule has 0 aliphatic carbocycles. The molecule has 3 heterocycles. The summed E-state index contributed by atoms with van der Waals surface area (Å²) in [5.74, 6) is 2.03. The van der Waals surface area contributed by atoms with Gasteiger partial charge in [0.25, 0.3) is 0 Å². The maximum atomic E-state index is 6.39. The number of hydroxylamine groups is 2. The van der Waals surface area contributed by atoms with Gasteiger partial charge >= 0.3 is 0 Å². The molecule has 0 radical (unpaired) electrons. The highest BCUT2D eigenvalue weighted by Gasteiger charge is 2.22. The largest absolute Gasteiger partial charge is 0.497 e. The number of ether oxygens (including phenoxy) is 1. The van der Waals surface area contributed by atoms with E-state index in [1.54, 1.807) is 19.6 Å². The van der Waals surface area contributed by atoms with Gasteiger partial charge in [0, 0.05) is 47.5 Å². The first kappa shape index (κ1) is 19.9. The zero-order valence-electron chi connectivity index (χ0n) is 17.5. The minimum atomic E-state index is 0.342. The number of benzene rings is 2. The van der Waals surface area contributed by atoms with Crippen LogP contribution in [0.1, 0.15) is 26.2 Å². The monoisotopic (exact) mass is 437 g/mol. The Morgan fingerprint density at radius 3 is 2.94 bits per heavy atom. The van der Waals surface area contributed by atoms with Crippen molar-refractivity contribution in [2.75, 3.05) is 19.0 Å². The van der Waals surface area contributed by atoms with Gasteiger partial charge in [-0.15, -0.1) is 5.06 Å². The van der Waals surface area contributed by atoms with E-state index in [2.05, 4.69) is 27.2 Å². The highest BCUT2D eigenvalue weighted by atomic mass is 35.5. The number of methoxy groups -OCH3 is 1. The molecular weight excluding hydrogens is 414 g/mol. The number of hydrogen-bond donors (Lipinski definition) is 2. The predicted octanol–water partition coefficient (Wildman–Crippen LogP) is 5.68. The van der Waals surface area contributed by atoms with Crippen LogP contribution >= 0.6 is 11.6 Å². The van der Waals surface area contributed by atoms with Gasteiger partial charge in [0.2, 0.25) is 0 Å². The third kappa shape index (κ3) is 3.86. The quantitative estimate of drug-likeness (QED) is 0.418. The summed E-state index contributed by atoms with van der Waals surface area (Å²) in [6.07, 6.45) is 6.78. The normalized spacial score (nSPS) is 17.2. The van der Waals surface area contributed by atoms with E-state index in [1.807, 2.05) is 35.4 Å². The molecule has 31 heavy (non-hydrogen) atoms. The number of aromatic amines is 1. The SMILES string of the molecule is COc1cc(ON2CCCCC2C)c2c(Nc3ccc4[nH]cc(Cl)c4c3)ncnc2c1. The van der Waals surface area contributed by atoms with Gasteiger partial charge in [-0.1, -0.05) is 18.0 Å². The molecule has 2 aromatic heterocycles. The molecule has 1 unspecified atom stereocenters. The van der Waals surface area contributed by atoms with Gasteiger partial charge in [0.05, 0.1) is 23.0 Å². The van der Waals surface area contributed by atoms with E-state index in [0.717, 1.165) is 46.9 Å². The van der Waals surface area contributed by atoms with Gasteiger partial charge in [-0.25, -0.2) is 9.97 Å². The van der Waals surface area contributed by atoms with Crippen LogP contribution in [0.4, 0.5) is 11.5 Å². The lowest BCUT2D eigenvalue weighted by Crippen LogP contribution is -2.40. The molecule has 1 aliphatic heterocycles. The number of halogens is 1. The van der Waals surface area contributed by atoms with Gasteiger partial charge in [-0.2, -0.15) is 0 Å². The van der Waals surface area contributed by atoms with Gasteiger partial charge in [0.15, 0.2) is 5.75 Å². The Kier molecular flexibility index (Phi) is 5.29. The highest BCUT2D eigenvalue weighted by Crippen LogP contribution is 2.37. The Labute approximate surface area is 185 Å². The summed E-state index contributed by atoms with van der Waals surface area (Å²) in [6, 6.07) is 10.1. The van der Waals surface area contributed by atoms with E-state index in [1.165, 1.54) is 6.42 Å². The zero-order chi connectivity index (χ0) is 21.4. The molecule has 5 rings (SSSR count). The topological polar surface area (TPSA) is 75.3 Å². The number of nitrogens with zero attached hydrogens (tertiary/aromatic N) is 3. The highest BCUT2D eigenvalue weighted by molar-refractivity contribution is 6.35. The van der Waals surface area contributed by atoms with Crippen LogP contribution in [-0.2, 0) is 0 Å². The summed E-state index contributed by atoms with van der Waals surface area (Å²) in [6.45, 7) is 3.08. The molecule has 7 nitrogen and oxygen atoms in total. The number of aromatic nitrogens is 3. The van der Waals surface area contributed by atoms with Crippen LogP contribution in [-0.4, -0.2) is 39.7 Å². The number of anilines is 2. The van der Waals surface area contributed by atoms with Crippen LogP contribution in [0.15, 0.2) is 42.9 Å². The van der Waals surface area contributed by atoms with Crippen molar-refractivity contribution < 1.29 is 9.57 Å². The molecule has 0 bridgehead atoms. The molecule has 1 saturated heterocycles. The van der Waals surface area contributed by atoms with E-state index < -0.39 is 0 Å². The second-order valence-electron chi connectivity index (χ2n) is 7.84. The number of fused-ring (bicyclic) bond motifs is 2. The Hall–Kier alpha value is -3.03. The molecule has 4 aromatic rings. The number of rotatable bonds is 5. The molecule has 1 fully saturated rings. The van der Waals surface area contributed by atoms with Gasteiger partial charge in [-0.3, -0.25) is 0 Å². The molecule has 0 amide bonds. The Bertz CT molecular complexity index is 1240. The number of piperidine rings is 1. The van der Waals surface area contributed by atoms with Crippen LogP contribution in [0.2, 0.25) is 5.02 Å². The van der Waals surface area contributed by atoms with Crippen molar-refractivity contribution in [1.29, 1.82) is 0 Å². The van der Waals surface area contributed by atoms with Crippen molar-refractivity contribution in [1.82, 2.24) is 20.0 Å². The zero-order valence-corrected chi connectivity index (χ0v) is 18.2. The molecule has 0 spiro atoms. The minimum absolute atomic E-state index is 0.342. The molecule has 2 N–H and O–H groups in total. The first-order chi connectivity index (χ1) is 15.1. The first-order valence-corrected chi connectivity index (χ1v) is 10.8. The number of H-pyrrole nitrogens is 1. The fraction of sp³-hybridized carbons (Fsp3) is 0.304. The first-order valence-electron chi connectivity index (χ1n) is 10.4. The fourth-order valence-electron chi connectivity index (χ4n) is 4.05. The molecule has 2 aromatic carbocycles. The Morgan fingerprint density at radius 2 is 2.10 bits per heavy atom. The summed E-state index contributed by atoms with van der Waals surface area (Å²) in [7, 11) is 1.64. The lowest BCUT2D eigenvalue weighted by molar-refractivity contribution is -0.105. The smallest absolute Gasteiger partial charge is 0.164 e. The number of nitrogens with one attached hydrogen (secondary N) is 2. The Morgan fingerprint density at radius 1 is 1.19 bits per heavy atom. The maximum absolute atomic E-state index is 6.39. The molecule has 160 valence electrons. The molecule has 1 atom stereocenters. The van der Waals surface area contributed by atoms with Crippen molar-refractivity contribution in [2.45, 2.75) is 32.2 Å². The summed E-state index contributed by atoms with van der Waals surface area (Å²) in [4.78, 5) is 18.5. The standard InChI is InChI=1S/C23H24ClN5O2/c1-14-5-3-4-8-29(14)31-21-11-16(30-2)10-20-22(21)23(27-13-26-20)28-15-6-7-19-17(9-15)18(24)12-25-19/h6-7,9-14,25H,3-5,8H2,1-2H3,(H,26,27,28). The van der Waals surface area contributed by atoms with Crippen molar-refractivity contribution in [2.24, 2.45) is 0 Å². The molecular formula is C23H24ClN5O2. The lowest BCUT2D eigenvalue weighted by Gasteiger charge is -2.32. The van der Waals surface area contributed by atoms with Gasteiger partial charge in [0.1, 0.15) is 17.9 Å². The van der Waals surface area contributed by atoms with E-state index in [4.69, 9.17) is 21.2 Å². The van der Waals surface area contributed by atoms with Crippen LogP contribution in [0.3, 0.4) is 0 Å². The molecule has 0 saturated carbocycles. The van der Waals surface area contributed by atoms with Crippen LogP contribution in [0.25, 0.3) is 21.8 Å². The fourth-order valence-corrected chi connectivity index (χ4v) is 4.26. The Balaban J connectivity index is 1.57. The van der Waals surface area contributed by atoms with E-state index in [0.29, 0.717) is 28.4 Å². The predicted molar refractivity (Wildman–Crippen MR) is 123 cm³/mol. The van der Waals surface area contributed by atoms with Crippen molar-refractivity contribution in [3.63, 3.8) is 0 Å². The van der Waals surface area contributed by atoms with Crippen molar-refractivity contribution >= 4 is 44.9 Å².